The summed E-state index contributed by atoms with van der Waals surface area (Å²) in [5.41, 5.74) is 4.12. The van der Waals surface area contributed by atoms with E-state index in [9.17, 15) is 18.8 Å². The molecular weight excluding hydrogens is 597 g/mol. The van der Waals surface area contributed by atoms with Crippen molar-refractivity contribution >= 4 is 34.4 Å². The molecule has 3 aromatic rings. The van der Waals surface area contributed by atoms with Crippen LogP contribution in [0.2, 0.25) is 0 Å². The number of benzene rings is 2. The van der Waals surface area contributed by atoms with E-state index in [1.165, 1.54) is 25.3 Å². The smallest absolute Gasteiger partial charge is 0.322 e. The minimum absolute atomic E-state index is 0.0124. The van der Waals surface area contributed by atoms with Crippen LogP contribution in [0.15, 0.2) is 36.5 Å². The first-order valence-corrected chi connectivity index (χ1v) is 17.4. The molecule has 0 saturated carbocycles. The number of likely N-dealkylation sites (tertiary alicyclic amines) is 3. The number of H-pyrrole nitrogens is 1. The second-order valence-corrected chi connectivity index (χ2v) is 13.9. The number of carbonyl (C=O) groups excluding carboxylic acids is 3. The maximum absolute atomic E-state index is 14.2. The molecule has 2 N–H and O–H groups in total. The Morgan fingerprint density at radius 3 is 2.45 bits per heavy atom. The molecule has 250 valence electrons. The van der Waals surface area contributed by atoms with Crippen molar-refractivity contribution in [3.8, 4) is 0 Å². The molecule has 3 fully saturated rings. The van der Waals surface area contributed by atoms with Crippen LogP contribution in [0.5, 0.6) is 0 Å². The van der Waals surface area contributed by atoms with Gasteiger partial charge in [-0.1, -0.05) is 24.6 Å². The SMILES string of the molecule is Cc1cc(C[C@H](CC(=O)N2CCC(N3Cc4cccc(F)c4NC3=O)CC2)C(=O)N2CCC(N3CCCCC3)CC2)cc2cn[nH]c12. The second-order valence-electron chi connectivity index (χ2n) is 13.9. The Morgan fingerprint density at radius 1 is 0.957 bits per heavy atom. The van der Waals surface area contributed by atoms with Crippen LogP contribution in [0.3, 0.4) is 0 Å². The van der Waals surface area contributed by atoms with Crippen molar-refractivity contribution in [2.24, 2.45) is 5.92 Å². The third-order valence-corrected chi connectivity index (χ3v) is 10.9. The highest BCUT2D eigenvalue weighted by molar-refractivity contribution is 5.93. The quantitative estimate of drug-likeness (QED) is 0.374. The van der Waals surface area contributed by atoms with E-state index < -0.39 is 11.7 Å². The Bertz CT molecular complexity index is 1620. The number of urea groups is 1. The zero-order valence-corrected chi connectivity index (χ0v) is 27.3. The van der Waals surface area contributed by atoms with E-state index in [-0.39, 0.29) is 36.0 Å². The van der Waals surface area contributed by atoms with Gasteiger partial charge in [-0.25, -0.2) is 9.18 Å². The maximum Gasteiger partial charge on any atom is 0.322 e. The van der Waals surface area contributed by atoms with Gasteiger partial charge >= 0.3 is 6.03 Å². The number of anilines is 1. The van der Waals surface area contributed by atoms with E-state index in [0.717, 1.165) is 66.6 Å². The van der Waals surface area contributed by atoms with Crippen LogP contribution in [0.4, 0.5) is 14.9 Å². The molecule has 4 aliphatic heterocycles. The fraction of sp³-hybridized carbons (Fsp3) is 0.556. The van der Waals surface area contributed by atoms with Gasteiger partial charge in [-0.05, 0) is 93.8 Å². The van der Waals surface area contributed by atoms with E-state index in [1.807, 2.05) is 22.8 Å². The summed E-state index contributed by atoms with van der Waals surface area (Å²) in [4.78, 5) is 49.1. The highest BCUT2D eigenvalue weighted by atomic mass is 19.1. The second kappa shape index (κ2) is 13.6. The van der Waals surface area contributed by atoms with Crippen molar-refractivity contribution in [3.63, 3.8) is 0 Å². The topological polar surface area (TPSA) is 105 Å². The van der Waals surface area contributed by atoms with Gasteiger partial charge in [-0.3, -0.25) is 14.7 Å². The molecule has 4 amide bonds. The molecule has 4 aliphatic rings. The summed E-state index contributed by atoms with van der Waals surface area (Å²) in [6.45, 7) is 7.23. The number of halogens is 1. The number of carbonyl (C=O) groups is 3. The van der Waals surface area contributed by atoms with Gasteiger partial charge in [0, 0.05) is 56.6 Å². The van der Waals surface area contributed by atoms with Crippen molar-refractivity contribution in [2.75, 3.05) is 44.6 Å². The van der Waals surface area contributed by atoms with Gasteiger partial charge in [0.15, 0.2) is 0 Å². The maximum atomic E-state index is 14.2. The van der Waals surface area contributed by atoms with Gasteiger partial charge in [0.2, 0.25) is 11.8 Å². The third kappa shape index (κ3) is 6.72. The average Bonchev–Trinajstić information content (AvgIpc) is 3.58. The highest BCUT2D eigenvalue weighted by Crippen LogP contribution is 2.31. The number of nitrogens with zero attached hydrogens (tertiary/aromatic N) is 5. The number of rotatable bonds is 7. The Hall–Kier alpha value is -3.99. The molecule has 47 heavy (non-hydrogen) atoms. The summed E-state index contributed by atoms with van der Waals surface area (Å²) < 4.78 is 14.2. The minimum atomic E-state index is -0.449. The summed E-state index contributed by atoms with van der Waals surface area (Å²) in [6.07, 6.45) is 9.57. The molecule has 0 aliphatic carbocycles. The number of hydrogen-bond donors (Lipinski definition) is 2. The largest absolute Gasteiger partial charge is 0.343 e. The van der Waals surface area contributed by atoms with Gasteiger partial charge in [0.25, 0.3) is 0 Å². The number of piperidine rings is 3. The van der Waals surface area contributed by atoms with Crippen LogP contribution in [-0.2, 0) is 22.6 Å². The number of nitrogens with one attached hydrogen (secondary N) is 2. The fourth-order valence-electron chi connectivity index (χ4n) is 8.29. The molecule has 0 bridgehead atoms. The van der Waals surface area contributed by atoms with Crippen LogP contribution in [0.1, 0.15) is 68.1 Å². The number of para-hydroxylation sites is 1. The molecule has 2 aromatic carbocycles. The summed E-state index contributed by atoms with van der Waals surface area (Å²) in [5.74, 6) is -0.811. The Balaban J connectivity index is 1.01. The van der Waals surface area contributed by atoms with Crippen LogP contribution in [0.25, 0.3) is 10.9 Å². The lowest BCUT2D eigenvalue weighted by molar-refractivity contribution is -0.143. The lowest BCUT2D eigenvalue weighted by Gasteiger charge is -2.41. The lowest BCUT2D eigenvalue weighted by atomic mass is 9.90. The van der Waals surface area contributed by atoms with E-state index in [4.69, 9.17) is 0 Å². The Morgan fingerprint density at radius 2 is 1.68 bits per heavy atom. The van der Waals surface area contributed by atoms with Crippen LogP contribution >= 0.6 is 0 Å². The monoisotopic (exact) mass is 643 g/mol. The molecule has 0 unspecified atom stereocenters. The van der Waals surface area contributed by atoms with Crippen molar-refractivity contribution in [3.05, 3.63) is 59.0 Å². The van der Waals surface area contributed by atoms with E-state index in [1.54, 1.807) is 17.2 Å². The zero-order chi connectivity index (χ0) is 32.5. The molecule has 0 spiro atoms. The van der Waals surface area contributed by atoms with Gasteiger partial charge in [0.1, 0.15) is 5.82 Å². The van der Waals surface area contributed by atoms with Gasteiger partial charge < -0.3 is 24.9 Å². The lowest BCUT2D eigenvalue weighted by Crippen LogP contribution is -2.52. The third-order valence-electron chi connectivity index (χ3n) is 10.9. The van der Waals surface area contributed by atoms with E-state index in [0.29, 0.717) is 44.9 Å². The summed E-state index contributed by atoms with van der Waals surface area (Å²) in [5, 5.41) is 11.0. The van der Waals surface area contributed by atoms with E-state index in [2.05, 4.69) is 32.5 Å². The number of hydrogen-bond acceptors (Lipinski definition) is 5. The minimum Gasteiger partial charge on any atom is -0.343 e. The molecule has 1 aromatic heterocycles. The van der Waals surface area contributed by atoms with Crippen molar-refractivity contribution in [1.82, 2.24) is 29.8 Å². The number of aromatic nitrogens is 2. The van der Waals surface area contributed by atoms with Crippen molar-refractivity contribution in [1.29, 1.82) is 0 Å². The fourth-order valence-corrected chi connectivity index (χ4v) is 8.29. The first kappa shape index (κ1) is 31.6. The number of fused-ring (bicyclic) bond motifs is 2. The molecule has 7 rings (SSSR count). The molecule has 1 atom stereocenters. The van der Waals surface area contributed by atoms with Crippen LogP contribution < -0.4 is 5.32 Å². The number of aryl methyl sites for hydroxylation is 1. The molecule has 5 heterocycles. The average molecular weight is 644 g/mol. The van der Waals surface area contributed by atoms with Crippen molar-refractivity contribution in [2.45, 2.75) is 83.3 Å². The van der Waals surface area contributed by atoms with E-state index >= 15 is 0 Å². The Kier molecular flexibility index (Phi) is 9.16. The standard InChI is InChI=1S/C36H46FN7O3/c1-24-18-25(20-28-22-38-40-33(24)28)19-27(35(46)43-16-8-29(9-17-43)41-12-3-2-4-13-41)21-32(45)42-14-10-30(11-15-42)44-23-26-6-5-7-31(37)34(26)39-36(44)47/h5-7,18,20,22,27,29-30H,2-4,8-17,19,21,23H2,1H3,(H,38,40)(H,39,47)/t27-/m1/s1. The molecular formula is C36H46FN7O3. The molecule has 11 heteroatoms. The van der Waals surface area contributed by atoms with Crippen LogP contribution in [-0.4, -0.2) is 99.0 Å². The first-order chi connectivity index (χ1) is 22.8. The van der Waals surface area contributed by atoms with Gasteiger partial charge in [0.05, 0.1) is 23.3 Å². The first-order valence-electron chi connectivity index (χ1n) is 17.4. The predicted octanol–water partition coefficient (Wildman–Crippen LogP) is 5.07. The normalized spacial score (nSPS) is 20.7. The Labute approximate surface area is 275 Å². The molecule has 0 radical (unpaired) electrons. The number of aromatic amines is 1. The summed E-state index contributed by atoms with van der Waals surface area (Å²) in [7, 11) is 0. The summed E-state index contributed by atoms with van der Waals surface area (Å²) in [6, 6.07) is 9.24. The highest BCUT2D eigenvalue weighted by Gasteiger charge is 2.36. The van der Waals surface area contributed by atoms with Crippen LogP contribution in [0, 0.1) is 18.7 Å². The molecule has 10 nitrogen and oxygen atoms in total. The van der Waals surface area contributed by atoms with Crippen molar-refractivity contribution < 1.29 is 18.8 Å². The molecule has 3 saturated heterocycles. The summed E-state index contributed by atoms with van der Waals surface area (Å²) >= 11 is 0. The predicted molar refractivity (Wildman–Crippen MR) is 178 cm³/mol. The van der Waals surface area contributed by atoms with Gasteiger partial charge in [-0.15, -0.1) is 0 Å². The zero-order valence-electron chi connectivity index (χ0n) is 27.3. The number of amides is 4. The van der Waals surface area contributed by atoms with Gasteiger partial charge in [-0.2, -0.15) is 5.10 Å².